The summed E-state index contributed by atoms with van der Waals surface area (Å²) in [6.45, 7) is 0.494. The van der Waals surface area contributed by atoms with Gasteiger partial charge in [0, 0.05) is 46.8 Å². The van der Waals surface area contributed by atoms with E-state index in [-0.39, 0.29) is 17.0 Å². The molecule has 1 heterocycles. The molecular weight excluding hydrogens is 370 g/mol. The minimum atomic E-state index is -0.455. The SMILES string of the molecule is COc1ccccc1C1(CNC(=O)c2c[nH]c3ccc([N+](=O)[O-])cc23)CCCC1. The maximum Gasteiger partial charge on any atom is 0.270 e. The number of aromatic nitrogens is 1. The fourth-order valence-corrected chi connectivity index (χ4v) is 4.43. The number of benzene rings is 2. The number of hydrogen-bond acceptors (Lipinski definition) is 4. The first-order valence-corrected chi connectivity index (χ1v) is 9.71. The Bertz CT molecular complexity index is 1070. The normalized spacial score (nSPS) is 15.3. The molecule has 1 saturated carbocycles. The van der Waals surface area contributed by atoms with E-state index in [0.717, 1.165) is 37.0 Å². The smallest absolute Gasteiger partial charge is 0.270 e. The summed E-state index contributed by atoms with van der Waals surface area (Å²) in [7, 11) is 1.67. The van der Waals surface area contributed by atoms with Crippen molar-refractivity contribution < 1.29 is 14.5 Å². The van der Waals surface area contributed by atoms with Crippen molar-refractivity contribution in [3.05, 3.63) is 69.9 Å². The second kappa shape index (κ2) is 7.58. The summed E-state index contributed by atoms with van der Waals surface area (Å²) in [5, 5.41) is 14.7. The van der Waals surface area contributed by atoms with Crippen molar-refractivity contribution in [2.75, 3.05) is 13.7 Å². The highest BCUT2D eigenvalue weighted by atomic mass is 16.6. The van der Waals surface area contributed by atoms with Crippen LogP contribution >= 0.6 is 0 Å². The summed E-state index contributed by atoms with van der Waals surface area (Å²) < 4.78 is 5.57. The number of non-ortho nitro benzene ring substituents is 1. The fraction of sp³-hybridized carbons (Fsp3) is 0.318. The summed E-state index contributed by atoms with van der Waals surface area (Å²) in [6, 6.07) is 12.5. The zero-order chi connectivity index (χ0) is 20.4. The number of methoxy groups -OCH3 is 1. The molecule has 29 heavy (non-hydrogen) atoms. The van der Waals surface area contributed by atoms with Crippen molar-refractivity contribution in [1.82, 2.24) is 10.3 Å². The van der Waals surface area contributed by atoms with Crippen LogP contribution in [0.25, 0.3) is 10.9 Å². The van der Waals surface area contributed by atoms with E-state index >= 15 is 0 Å². The highest BCUT2D eigenvalue weighted by Gasteiger charge is 2.38. The van der Waals surface area contributed by atoms with Gasteiger partial charge >= 0.3 is 0 Å². The summed E-state index contributed by atoms with van der Waals surface area (Å²) in [6.07, 6.45) is 5.77. The number of carbonyl (C=O) groups excluding carboxylic acids is 1. The van der Waals surface area contributed by atoms with E-state index < -0.39 is 4.92 Å². The Morgan fingerprint density at radius 1 is 1.24 bits per heavy atom. The third-order valence-electron chi connectivity index (χ3n) is 5.95. The molecule has 0 spiro atoms. The van der Waals surface area contributed by atoms with Gasteiger partial charge in [-0.2, -0.15) is 0 Å². The molecule has 3 aromatic rings. The third kappa shape index (κ3) is 3.44. The Labute approximate surface area is 168 Å². The molecule has 0 atom stereocenters. The largest absolute Gasteiger partial charge is 0.496 e. The van der Waals surface area contributed by atoms with E-state index in [9.17, 15) is 14.9 Å². The number of para-hydroxylation sites is 1. The van der Waals surface area contributed by atoms with Gasteiger partial charge in [0.15, 0.2) is 0 Å². The van der Waals surface area contributed by atoms with E-state index in [1.54, 1.807) is 19.4 Å². The number of nitrogens with zero attached hydrogens (tertiary/aromatic N) is 1. The van der Waals surface area contributed by atoms with Crippen molar-refractivity contribution in [1.29, 1.82) is 0 Å². The predicted octanol–water partition coefficient (Wildman–Crippen LogP) is 4.33. The highest BCUT2D eigenvalue weighted by Crippen LogP contribution is 2.44. The molecule has 1 fully saturated rings. The molecule has 2 N–H and O–H groups in total. The first kappa shape index (κ1) is 19.0. The van der Waals surface area contributed by atoms with E-state index in [0.29, 0.717) is 23.0 Å². The van der Waals surface area contributed by atoms with Crippen LogP contribution in [0.3, 0.4) is 0 Å². The lowest BCUT2D eigenvalue weighted by Crippen LogP contribution is -2.39. The first-order chi connectivity index (χ1) is 14.0. The van der Waals surface area contributed by atoms with Gasteiger partial charge in [-0.25, -0.2) is 0 Å². The molecule has 0 unspecified atom stereocenters. The van der Waals surface area contributed by atoms with E-state index in [4.69, 9.17) is 4.74 Å². The van der Waals surface area contributed by atoms with Gasteiger partial charge in [0.05, 0.1) is 17.6 Å². The molecule has 1 amide bonds. The highest BCUT2D eigenvalue weighted by molar-refractivity contribution is 6.07. The first-order valence-electron chi connectivity index (χ1n) is 9.71. The summed E-state index contributed by atoms with van der Waals surface area (Å²) in [4.78, 5) is 26.6. The van der Waals surface area contributed by atoms with Crippen molar-refractivity contribution in [2.45, 2.75) is 31.1 Å². The number of nitro benzene ring substituents is 1. The standard InChI is InChI=1S/C22H23N3O4/c1-29-20-7-3-2-6-18(20)22(10-4-5-11-22)14-24-21(26)17-13-23-19-9-8-15(25(27)28)12-16(17)19/h2-3,6-9,12-13,23H,4-5,10-11,14H2,1H3,(H,24,26). The molecule has 150 valence electrons. The molecule has 0 aliphatic heterocycles. The predicted molar refractivity (Wildman–Crippen MR) is 110 cm³/mol. The van der Waals surface area contributed by atoms with Crippen molar-refractivity contribution in [3.8, 4) is 5.75 Å². The molecule has 0 radical (unpaired) electrons. The number of nitro groups is 1. The topological polar surface area (TPSA) is 97.3 Å². The number of nitrogens with one attached hydrogen (secondary N) is 2. The Morgan fingerprint density at radius 3 is 2.72 bits per heavy atom. The van der Waals surface area contributed by atoms with Crippen LogP contribution in [0.4, 0.5) is 5.69 Å². The van der Waals surface area contributed by atoms with Crippen LogP contribution in [0.15, 0.2) is 48.7 Å². The van der Waals surface area contributed by atoms with Crippen LogP contribution in [0.2, 0.25) is 0 Å². The van der Waals surface area contributed by atoms with Crippen LogP contribution in [-0.4, -0.2) is 29.5 Å². The van der Waals surface area contributed by atoms with Crippen molar-refractivity contribution in [2.24, 2.45) is 0 Å². The van der Waals surface area contributed by atoms with Gasteiger partial charge in [0.1, 0.15) is 5.75 Å². The molecule has 1 aromatic heterocycles. The average Bonchev–Trinajstić information content (AvgIpc) is 3.39. The van der Waals surface area contributed by atoms with Crippen molar-refractivity contribution in [3.63, 3.8) is 0 Å². The van der Waals surface area contributed by atoms with E-state index in [1.165, 1.54) is 12.1 Å². The van der Waals surface area contributed by atoms with Gasteiger partial charge in [-0.3, -0.25) is 14.9 Å². The monoisotopic (exact) mass is 393 g/mol. The summed E-state index contributed by atoms with van der Waals surface area (Å²) in [5.74, 6) is 0.601. The zero-order valence-electron chi connectivity index (χ0n) is 16.2. The molecule has 1 aliphatic carbocycles. The molecule has 1 aliphatic rings. The van der Waals surface area contributed by atoms with Gasteiger partial charge in [0.25, 0.3) is 11.6 Å². The number of aromatic amines is 1. The lowest BCUT2D eigenvalue weighted by atomic mass is 9.78. The maximum absolute atomic E-state index is 13.0. The molecule has 0 bridgehead atoms. The van der Waals surface area contributed by atoms with Gasteiger partial charge in [-0.05, 0) is 25.0 Å². The van der Waals surface area contributed by atoms with Gasteiger partial charge in [0.2, 0.25) is 0 Å². The van der Waals surface area contributed by atoms with Crippen LogP contribution in [-0.2, 0) is 5.41 Å². The molecule has 7 nitrogen and oxygen atoms in total. The van der Waals surface area contributed by atoms with Crippen molar-refractivity contribution >= 4 is 22.5 Å². The van der Waals surface area contributed by atoms with Crippen LogP contribution in [0.1, 0.15) is 41.6 Å². The van der Waals surface area contributed by atoms with Gasteiger partial charge in [-0.15, -0.1) is 0 Å². The Hall–Kier alpha value is -3.35. The number of carbonyl (C=O) groups is 1. The number of fused-ring (bicyclic) bond motifs is 1. The quantitative estimate of drug-likeness (QED) is 0.481. The number of rotatable bonds is 6. The lowest BCUT2D eigenvalue weighted by Gasteiger charge is -2.31. The Kier molecular flexibility index (Phi) is 4.96. The molecule has 7 heteroatoms. The van der Waals surface area contributed by atoms with Crippen LogP contribution in [0.5, 0.6) is 5.75 Å². The Balaban J connectivity index is 1.60. The third-order valence-corrected chi connectivity index (χ3v) is 5.95. The molecular formula is C22H23N3O4. The maximum atomic E-state index is 13.0. The molecule has 4 rings (SSSR count). The van der Waals surface area contributed by atoms with Crippen LogP contribution in [0, 0.1) is 10.1 Å². The summed E-state index contributed by atoms with van der Waals surface area (Å²) >= 11 is 0. The Morgan fingerprint density at radius 2 is 2.00 bits per heavy atom. The van der Waals surface area contributed by atoms with E-state index in [1.807, 2.05) is 18.2 Å². The zero-order valence-corrected chi connectivity index (χ0v) is 16.2. The number of H-pyrrole nitrogens is 1. The second-order valence-electron chi connectivity index (χ2n) is 7.56. The lowest BCUT2D eigenvalue weighted by molar-refractivity contribution is -0.384. The molecule has 0 saturated heterocycles. The van der Waals surface area contributed by atoms with E-state index in [2.05, 4.69) is 16.4 Å². The minimum absolute atomic E-state index is 0.0348. The second-order valence-corrected chi connectivity index (χ2v) is 7.56. The van der Waals surface area contributed by atoms with Gasteiger partial charge < -0.3 is 15.0 Å². The molecule has 2 aromatic carbocycles. The summed E-state index contributed by atoms with van der Waals surface area (Å²) in [5.41, 5.74) is 2.03. The van der Waals surface area contributed by atoms with Gasteiger partial charge in [-0.1, -0.05) is 31.0 Å². The fourth-order valence-electron chi connectivity index (χ4n) is 4.43. The minimum Gasteiger partial charge on any atom is -0.496 e. The average molecular weight is 393 g/mol. The number of hydrogen-bond donors (Lipinski definition) is 2. The number of ether oxygens (including phenoxy) is 1. The van der Waals surface area contributed by atoms with Crippen LogP contribution < -0.4 is 10.1 Å². The number of amides is 1.